The van der Waals surface area contributed by atoms with Crippen molar-refractivity contribution in [2.45, 2.75) is 31.5 Å². The van der Waals surface area contributed by atoms with Gasteiger partial charge in [0, 0.05) is 6.20 Å². The number of halogens is 1. The van der Waals surface area contributed by atoms with Crippen molar-refractivity contribution < 1.29 is 24.4 Å². The molecule has 0 spiro atoms. The summed E-state index contributed by atoms with van der Waals surface area (Å²) >= 11 is 0. The zero-order valence-electron chi connectivity index (χ0n) is 11.9. The summed E-state index contributed by atoms with van der Waals surface area (Å²) in [4.78, 5) is 29.4. The maximum atomic E-state index is 14.2. The van der Waals surface area contributed by atoms with Crippen LogP contribution in [0.2, 0.25) is 0 Å². The molecular formula is C13H14FN3O6. The van der Waals surface area contributed by atoms with E-state index in [9.17, 15) is 24.2 Å². The number of aliphatic hydroxyl groups excluding tert-OH is 3. The third-order valence-corrected chi connectivity index (χ3v) is 3.88. The second kappa shape index (κ2) is 5.49. The average molecular weight is 327 g/mol. The number of hydrogen-bond donors (Lipinski definition) is 4. The van der Waals surface area contributed by atoms with Crippen LogP contribution < -0.4 is 11.2 Å². The first-order valence-corrected chi connectivity index (χ1v) is 6.79. The van der Waals surface area contributed by atoms with Crippen molar-refractivity contribution in [3.05, 3.63) is 38.4 Å². The molecular weight excluding hydrogens is 313 g/mol. The number of pyridine rings is 1. The van der Waals surface area contributed by atoms with E-state index < -0.39 is 48.2 Å². The standard InChI is InChI=1S/C13H14FN3O6/c1-4-7(14)5-2-17(13(22)16-10(5)15-11(4)21)12-9(20)8(19)6(3-18)23-12/h2,6,8-9,12,18-20H,3H2,1H3,(H,15,16,21,22). The lowest BCUT2D eigenvalue weighted by Crippen LogP contribution is -2.36. The lowest BCUT2D eigenvalue weighted by molar-refractivity contribution is -0.0547. The highest BCUT2D eigenvalue weighted by Crippen LogP contribution is 2.28. The van der Waals surface area contributed by atoms with Gasteiger partial charge in [-0.2, -0.15) is 4.98 Å². The first-order valence-electron chi connectivity index (χ1n) is 6.79. The highest BCUT2D eigenvalue weighted by atomic mass is 19.1. The number of fused-ring (bicyclic) bond motifs is 1. The van der Waals surface area contributed by atoms with E-state index in [2.05, 4.69) is 9.97 Å². The average Bonchev–Trinajstić information content (AvgIpc) is 2.80. The van der Waals surface area contributed by atoms with E-state index >= 15 is 0 Å². The topological polar surface area (TPSA) is 138 Å². The number of aliphatic hydroxyl groups is 3. The molecule has 1 saturated heterocycles. The molecule has 1 aliphatic heterocycles. The SMILES string of the molecule is Cc1c(F)c2cn(C3OC(CO)C(O)C3O)c(=O)nc2[nH]c1=O. The molecule has 1 fully saturated rings. The Morgan fingerprint density at radius 2 is 2.09 bits per heavy atom. The largest absolute Gasteiger partial charge is 0.394 e. The normalized spacial score (nSPS) is 27.7. The van der Waals surface area contributed by atoms with Crippen molar-refractivity contribution in [2.75, 3.05) is 6.61 Å². The maximum absolute atomic E-state index is 14.2. The molecule has 4 atom stereocenters. The van der Waals surface area contributed by atoms with E-state index in [-0.39, 0.29) is 16.6 Å². The van der Waals surface area contributed by atoms with Crippen LogP contribution >= 0.6 is 0 Å². The summed E-state index contributed by atoms with van der Waals surface area (Å²) in [5, 5.41) is 28.6. The number of rotatable bonds is 2. The number of aromatic nitrogens is 3. The third-order valence-electron chi connectivity index (χ3n) is 3.88. The van der Waals surface area contributed by atoms with Gasteiger partial charge in [-0.15, -0.1) is 0 Å². The van der Waals surface area contributed by atoms with Crippen LogP contribution in [0.3, 0.4) is 0 Å². The molecule has 9 nitrogen and oxygen atoms in total. The molecule has 2 aromatic rings. The van der Waals surface area contributed by atoms with Crippen LogP contribution in [-0.4, -0.2) is 54.8 Å². The number of aromatic amines is 1. The van der Waals surface area contributed by atoms with Gasteiger partial charge in [-0.1, -0.05) is 0 Å². The lowest BCUT2D eigenvalue weighted by atomic mass is 10.1. The molecule has 0 aliphatic carbocycles. The molecule has 3 rings (SSSR count). The summed E-state index contributed by atoms with van der Waals surface area (Å²) in [6.07, 6.45) is -4.28. The molecule has 1 aliphatic rings. The number of nitrogens with zero attached hydrogens (tertiary/aromatic N) is 2. The minimum atomic E-state index is -1.50. The molecule has 4 unspecified atom stereocenters. The van der Waals surface area contributed by atoms with Gasteiger partial charge < -0.3 is 25.0 Å². The molecule has 2 aromatic heterocycles. The zero-order valence-corrected chi connectivity index (χ0v) is 11.9. The van der Waals surface area contributed by atoms with Crippen LogP contribution in [-0.2, 0) is 4.74 Å². The summed E-state index contributed by atoms with van der Waals surface area (Å²) in [7, 11) is 0. The molecule has 0 saturated carbocycles. The third kappa shape index (κ3) is 2.36. The molecule has 0 aromatic carbocycles. The quantitative estimate of drug-likeness (QED) is 0.508. The summed E-state index contributed by atoms with van der Waals surface area (Å²) in [5.41, 5.74) is -2.02. The first-order chi connectivity index (χ1) is 10.8. The van der Waals surface area contributed by atoms with Gasteiger partial charge in [-0.3, -0.25) is 9.36 Å². The van der Waals surface area contributed by atoms with Crippen molar-refractivity contribution in [1.82, 2.24) is 14.5 Å². The Kier molecular flexibility index (Phi) is 3.76. The molecule has 3 heterocycles. The van der Waals surface area contributed by atoms with Gasteiger partial charge in [0.15, 0.2) is 6.23 Å². The summed E-state index contributed by atoms with van der Waals surface area (Å²) in [6.45, 7) is 0.709. The molecule has 0 radical (unpaired) electrons. The van der Waals surface area contributed by atoms with Gasteiger partial charge in [0.2, 0.25) is 0 Å². The molecule has 4 N–H and O–H groups in total. The van der Waals surface area contributed by atoms with E-state index in [1.165, 1.54) is 6.92 Å². The van der Waals surface area contributed by atoms with E-state index in [1.807, 2.05) is 0 Å². The Labute approximate surface area is 127 Å². The fourth-order valence-electron chi connectivity index (χ4n) is 2.52. The molecule has 124 valence electrons. The zero-order chi connectivity index (χ0) is 16.9. The fraction of sp³-hybridized carbons (Fsp3) is 0.462. The van der Waals surface area contributed by atoms with Crippen LogP contribution in [0.15, 0.2) is 15.8 Å². The minimum Gasteiger partial charge on any atom is -0.394 e. The van der Waals surface area contributed by atoms with Crippen LogP contribution in [0.4, 0.5) is 4.39 Å². The Balaban J connectivity index is 2.18. The summed E-state index contributed by atoms with van der Waals surface area (Å²) in [6, 6.07) is 0. The highest BCUT2D eigenvalue weighted by Gasteiger charge is 2.43. The Hall–Kier alpha value is -2.14. The van der Waals surface area contributed by atoms with Crippen molar-refractivity contribution >= 4 is 11.0 Å². The number of hydrogen-bond acceptors (Lipinski definition) is 7. The van der Waals surface area contributed by atoms with E-state index in [4.69, 9.17) is 9.84 Å². The highest BCUT2D eigenvalue weighted by molar-refractivity contribution is 5.74. The van der Waals surface area contributed by atoms with Gasteiger partial charge in [0.25, 0.3) is 5.56 Å². The second-order valence-corrected chi connectivity index (χ2v) is 5.31. The van der Waals surface area contributed by atoms with Crippen LogP contribution in [0.1, 0.15) is 11.8 Å². The lowest BCUT2D eigenvalue weighted by Gasteiger charge is -2.17. The van der Waals surface area contributed by atoms with E-state index in [0.29, 0.717) is 0 Å². The number of ether oxygens (including phenoxy) is 1. The van der Waals surface area contributed by atoms with Gasteiger partial charge in [-0.05, 0) is 6.92 Å². The second-order valence-electron chi connectivity index (χ2n) is 5.31. The van der Waals surface area contributed by atoms with Gasteiger partial charge in [0.05, 0.1) is 17.6 Å². The molecule has 0 amide bonds. The predicted octanol–water partition coefficient (Wildman–Crippen LogP) is -1.86. The van der Waals surface area contributed by atoms with Crippen LogP contribution in [0.5, 0.6) is 0 Å². The van der Waals surface area contributed by atoms with Gasteiger partial charge in [0.1, 0.15) is 29.8 Å². The summed E-state index contributed by atoms with van der Waals surface area (Å²) in [5.74, 6) is -0.850. The van der Waals surface area contributed by atoms with Crippen molar-refractivity contribution in [2.24, 2.45) is 0 Å². The first kappa shape index (κ1) is 15.7. The van der Waals surface area contributed by atoms with Crippen molar-refractivity contribution in [1.29, 1.82) is 0 Å². The summed E-state index contributed by atoms with van der Waals surface area (Å²) < 4.78 is 20.2. The maximum Gasteiger partial charge on any atom is 0.351 e. The fourth-order valence-corrected chi connectivity index (χ4v) is 2.52. The molecule has 10 heteroatoms. The van der Waals surface area contributed by atoms with Crippen LogP contribution in [0, 0.1) is 12.7 Å². The number of H-pyrrole nitrogens is 1. The Morgan fingerprint density at radius 3 is 2.70 bits per heavy atom. The van der Waals surface area contributed by atoms with Gasteiger partial charge in [-0.25, -0.2) is 9.18 Å². The van der Waals surface area contributed by atoms with Crippen molar-refractivity contribution in [3.8, 4) is 0 Å². The van der Waals surface area contributed by atoms with Gasteiger partial charge >= 0.3 is 5.69 Å². The Morgan fingerprint density at radius 1 is 1.39 bits per heavy atom. The molecule has 0 bridgehead atoms. The minimum absolute atomic E-state index is 0.139. The smallest absolute Gasteiger partial charge is 0.351 e. The van der Waals surface area contributed by atoms with E-state index in [1.54, 1.807) is 0 Å². The number of nitrogens with one attached hydrogen (secondary N) is 1. The Bertz CT molecular complexity index is 878. The molecule has 23 heavy (non-hydrogen) atoms. The van der Waals surface area contributed by atoms with Crippen LogP contribution in [0.25, 0.3) is 11.0 Å². The monoisotopic (exact) mass is 327 g/mol. The predicted molar refractivity (Wildman–Crippen MR) is 74.3 cm³/mol. The van der Waals surface area contributed by atoms with Crippen molar-refractivity contribution in [3.63, 3.8) is 0 Å². The van der Waals surface area contributed by atoms with E-state index in [0.717, 1.165) is 10.8 Å².